The maximum Gasteiger partial charge on any atom is 0.318 e. The highest BCUT2D eigenvalue weighted by Crippen LogP contribution is 2.42. The molecule has 2 aromatic carbocycles. The quantitative estimate of drug-likeness (QED) is 0.732. The monoisotopic (exact) mass is 364 g/mol. The normalized spacial score (nSPS) is 18.2. The van der Waals surface area contributed by atoms with Crippen molar-refractivity contribution in [3.05, 3.63) is 54.2 Å². The molecular weight excluding hydrogens is 344 g/mol. The number of aromatic nitrogens is 2. The third-order valence-electron chi connectivity index (χ3n) is 5.23. The van der Waals surface area contributed by atoms with Gasteiger partial charge in [0.1, 0.15) is 0 Å². The number of hydrogen-bond donors (Lipinski definition) is 2. The van der Waals surface area contributed by atoms with Crippen molar-refractivity contribution in [2.45, 2.75) is 25.2 Å². The lowest BCUT2D eigenvalue weighted by molar-refractivity contribution is -0.0650. The van der Waals surface area contributed by atoms with Gasteiger partial charge in [-0.15, -0.1) is 0 Å². The molecule has 1 unspecified atom stereocenters. The molecule has 1 fully saturated rings. The third kappa shape index (κ3) is 2.75. The molecule has 27 heavy (non-hydrogen) atoms. The van der Waals surface area contributed by atoms with Gasteiger partial charge in [0.25, 0.3) is 5.79 Å². The van der Waals surface area contributed by atoms with Gasteiger partial charge in [0.15, 0.2) is 11.5 Å². The van der Waals surface area contributed by atoms with Gasteiger partial charge in [-0.25, -0.2) is 4.79 Å². The zero-order chi connectivity index (χ0) is 18.4. The molecule has 5 rings (SSSR count). The van der Waals surface area contributed by atoms with E-state index in [2.05, 4.69) is 15.5 Å². The van der Waals surface area contributed by atoms with E-state index in [-0.39, 0.29) is 12.1 Å². The van der Waals surface area contributed by atoms with Gasteiger partial charge in [-0.05, 0) is 36.8 Å². The number of urea groups is 1. The molecule has 2 amide bonds. The van der Waals surface area contributed by atoms with Crippen molar-refractivity contribution < 1.29 is 14.3 Å². The van der Waals surface area contributed by atoms with Gasteiger partial charge in [-0.3, -0.25) is 5.10 Å². The molecule has 1 saturated heterocycles. The molecule has 138 valence electrons. The Morgan fingerprint density at radius 2 is 2.04 bits per heavy atom. The molecule has 1 spiro atoms. The predicted octanol–water partition coefficient (Wildman–Crippen LogP) is 3.21. The van der Waals surface area contributed by atoms with Crippen LogP contribution in [0.25, 0.3) is 10.9 Å². The number of para-hydroxylation sites is 2. The van der Waals surface area contributed by atoms with Crippen molar-refractivity contribution in [3.8, 4) is 11.5 Å². The first-order valence-corrected chi connectivity index (χ1v) is 9.07. The summed E-state index contributed by atoms with van der Waals surface area (Å²) in [7, 11) is 0. The number of benzene rings is 2. The number of ether oxygens (including phenoxy) is 2. The average Bonchev–Trinajstić information content (AvgIpc) is 3.38. The molecule has 0 saturated carbocycles. The number of likely N-dealkylation sites (tertiary alicyclic amines) is 1. The summed E-state index contributed by atoms with van der Waals surface area (Å²) in [5.74, 6) is 0.711. The van der Waals surface area contributed by atoms with E-state index in [0.717, 1.165) is 28.0 Å². The lowest BCUT2D eigenvalue weighted by atomic mass is 10.1. The number of carbonyl (C=O) groups is 1. The van der Waals surface area contributed by atoms with Crippen molar-refractivity contribution in [1.82, 2.24) is 20.4 Å². The lowest BCUT2D eigenvalue weighted by Gasteiger charge is -2.24. The zero-order valence-corrected chi connectivity index (χ0v) is 14.9. The van der Waals surface area contributed by atoms with E-state index in [1.165, 1.54) is 0 Å². The highest BCUT2D eigenvalue weighted by atomic mass is 16.7. The summed E-state index contributed by atoms with van der Waals surface area (Å²) in [6, 6.07) is 13.4. The van der Waals surface area contributed by atoms with E-state index in [1.807, 2.05) is 49.4 Å². The maximum atomic E-state index is 12.7. The first-order valence-electron chi connectivity index (χ1n) is 9.07. The summed E-state index contributed by atoms with van der Waals surface area (Å²) < 4.78 is 12.0. The molecule has 0 radical (unpaired) electrons. The SMILES string of the molecule is CC(NC(=O)N1CCC2(C1)Oc1ccccc1O2)c1ccc2[nH]ncc2c1. The van der Waals surface area contributed by atoms with E-state index >= 15 is 0 Å². The molecular formula is C20H20N4O3. The molecule has 7 heteroatoms. The lowest BCUT2D eigenvalue weighted by Crippen LogP contribution is -2.45. The molecule has 7 nitrogen and oxygen atoms in total. The van der Waals surface area contributed by atoms with E-state index < -0.39 is 5.79 Å². The Labute approximate surface area is 156 Å². The van der Waals surface area contributed by atoms with E-state index in [1.54, 1.807) is 11.1 Å². The van der Waals surface area contributed by atoms with Crippen LogP contribution >= 0.6 is 0 Å². The topological polar surface area (TPSA) is 79.5 Å². The Hall–Kier alpha value is -3.22. The fraction of sp³-hybridized carbons (Fsp3) is 0.300. The molecule has 3 aromatic rings. The number of fused-ring (bicyclic) bond motifs is 2. The molecule has 0 bridgehead atoms. The molecule has 1 aromatic heterocycles. The van der Waals surface area contributed by atoms with Gasteiger partial charge in [0.05, 0.1) is 24.3 Å². The first-order chi connectivity index (χ1) is 13.1. The second-order valence-electron chi connectivity index (χ2n) is 7.12. The van der Waals surface area contributed by atoms with Gasteiger partial charge in [-0.2, -0.15) is 5.10 Å². The number of hydrogen-bond acceptors (Lipinski definition) is 4. The van der Waals surface area contributed by atoms with Crippen LogP contribution in [0.3, 0.4) is 0 Å². The maximum absolute atomic E-state index is 12.7. The van der Waals surface area contributed by atoms with Crippen molar-refractivity contribution in [2.24, 2.45) is 0 Å². The third-order valence-corrected chi connectivity index (χ3v) is 5.23. The fourth-order valence-corrected chi connectivity index (χ4v) is 3.72. The fourth-order valence-electron chi connectivity index (χ4n) is 3.72. The van der Waals surface area contributed by atoms with Gasteiger partial charge in [0.2, 0.25) is 0 Å². The summed E-state index contributed by atoms with van der Waals surface area (Å²) in [5.41, 5.74) is 2.01. The van der Waals surface area contributed by atoms with Gasteiger partial charge >= 0.3 is 6.03 Å². The van der Waals surface area contributed by atoms with E-state index in [0.29, 0.717) is 19.5 Å². The minimum absolute atomic E-state index is 0.115. The van der Waals surface area contributed by atoms with Crippen LogP contribution in [0.2, 0.25) is 0 Å². The van der Waals surface area contributed by atoms with Crippen molar-refractivity contribution >= 4 is 16.9 Å². The van der Waals surface area contributed by atoms with Gasteiger partial charge < -0.3 is 19.7 Å². The second-order valence-corrected chi connectivity index (χ2v) is 7.12. The van der Waals surface area contributed by atoms with E-state index in [4.69, 9.17) is 9.47 Å². The van der Waals surface area contributed by atoms with Crippen molar-refractivity contribution in [3.63, 3.8) is 0 Å². The van der Waals surface area contributed by atoms with Crippen LogP contribution in [0.15, 0.2) is 48.7 Å². The standard InChI is InChI=1S/C20H20N4O3/c1-13(14-6-7-16-15(10-14)11-21-23-16)22-19(25)24-9-8-20(12-24)26-17-4-2-3-5-18(17)27-20/h2-7,10-11,13H,8-9,12H2,1H3,(H,21,23)(H,22,25). The molecule has 3 heterocycles. The van der Waals surface area contributed by atoms with Crippen LogP contribution in [-0.2, 0) is 0 Å². The summed E-state index contributed by atoms with van der Waals surface area (Å²) in [6.45, 7) is 2.97. The van der Waals surface area contributed by atoms with Crippen LogP contribution in [0.1, 0.15) is 24.9 Å². The Kier molecular flexibility index (Phi) is 3.50. The Bertz CT molecular complexity index is 990. The molecule has 0 aliphatic carbocycles. The molecule has 2 aliphatic heterocycles. The van der Waals surface area contributed by atoms with Crippen LogP contribution in [0.5, 0.6) is 11.5 Å². The smallest absolute Gasteiger partial charge is 0.318 e. The molecule has 2 N–H and O–H groups in total. The Balaban J connectivity index is 1.25. The summed E-state index contributed by atoms with van der Waals surface area (Å²) in [5, 5.41) is 11.1. The van der Waals surface area contributed by atoms with Gasteiger partial charge in [-0.1, -0.05) is 18.2 Å². The predicted molar refractivity (Wildman–Crippen MR) is 99.7 cm³/mol. The number of nitrogens with one attached hydrogen (secondary N) is 2. The second kappa shape index (κ2) is 5.90. The summed E-state index contributed by atoms with van der Waals surface area (Å²) in [4.78, 5) is 14.5. The largest absolute Gasteiger partial charge is 0.447 e. The molecule has 2 aliphatic rings. The highest BCUT2D eigenvalue weighted by Gasteiger charge is 2.48. The van der Waals surface area contributed by atoms with Crippen LogP contribution in [0.4, 0.5) is 4.79 Å². The number of nitrogens with zero attached hydrogens (tertiary/aromatic N) is 2. The Morgan fingerprint density at radius 3 is 2.81 bits per heavy atom. The Morgan fingerprint density at radius 1 is 1.26 bits per heavy atom. The van der Waals surface area contributed by atoms with Crippen LogP contribution in [-0.4, -0.2) is 40.0 Å². The summed E-state index contributed by atoms with van der Waals surface area (Å²) >= 11 is 0. The van der Waals surface area contributed by atoms with Crippen LogP contribution < -0.4 is 14.8 Å². The number of aromatic amines is 1. The number of rotatable bonds is 2. The minimum Gasteiger partial charge on any atom is -0.447 e. The van der Waals surface area contributed by atoms with E-state index in [9.17, 15) is 4.79 Å². The highest BCUT2D eigenvalue weighted by molar-refractivity contribution is 5.79. The number of amides is 2. The minimum atomic E-state index is -0.764. The number of carbonyl (C=O) groups excluding carboxylic acids is 1. The molecule has 1 atom stereocenters. The summed E-state index contributed by atoms with van der Waals surface area (Å²) in [6.07, 6.45) is 2.43. The average molecular weight is 364 g/mol. The zero-order valence-electron chi connectivity index (χ0n) is 14.9. The van der Waals surface area contributed by atoms with Crippen LogP contribution in [0, 0.1) is 0 Å². The van der Waals surface area contributed by atoms with Crippen molar-refractivity contribution in [2.75, 3.05) is 13.1 Å². The number of H-pyrrole nitrogens is 1. The van der Waals surface area contributed by atoms with Crippen molar-refractivity contribution in [1.29, 1.82) is 0 Å². The van der Waals surface area contributed by atoms with Gasteiger partial charge in [0, 0.05) is 18.4 Å². The first kappa shape index (κ1) is 16.0.